The second-order valence-electron chi connectivity index (χ2n) is 5.58. The van der Waals surface area contributed by atoms with Gasteiger partial charge < -0.3 is 20.5 Å². The Kier molecular flexibility index (Phi) is 5.89. The second kappa shape index (κ2) is 8.09. The van der Waals surface area contributed by atoms with Crippen molar-refractivity contribution in [3.8, 4) is 0 Å². The van der Waals surface area contributed by atoms with E-state index in [1.54, 1.807) is 54.5 Å². The molecule has 0 aliphatic rings. The van der Waals surface area contributed by atoms with Crippen LogP contribution in [0.3, 0.4) is 0 Å². The van der Waals surface area contributed by atoms with E-state index < -0.39 is 12.0 Å². The maximum absolute atomic E-state index is 12.2. The van der Waals surface area contributed by atoms with Crippen LogP contribution < -0.4 is 11.1 Å². The fourth-order valence-electron chi connectivity index (χ4n) is 1.98. The van der Waals surface area contributed by atoms with Gasteiger partial charge in [0.2, 0.25) is 6.10 Å². The van der Waals surface area contributed by atoms with Crippen LogP contribution in [0.25, 0.3) is 0 Å². The van der Waals surface area contributed by atoms with Crippen molar-refractivity contribution in [2.45, 2.75) is 32.9 Å². The molecule has 1 aromatic heterocycles. The summed E-state index contributed by atoms with van der Waals surface area (Å²) in [5.41, 5.74) is 6.90. The molecule has 2 rings (SSSR count). The molecule has 132 valence electrons. The van der Waals surface area contributed by atoms with Crippen LogP contribution in [0.5, 0.6) is 0 Å². The standard InChI is InChI=1S/C17H21N5O3/c1-11(22-8-7-19-10-22)16(18)21-25-13(3)17(24)20-15-6-4-5-14(9-15)12(2)23/h4-11,13H,1-3H3,(H2,18,21)(H,20,24). The molecule has 25 heavy (non-hydrogen) atoms. The fourth-order valence-corrected chi connectivity index (χ4v) is 1.98. The number of imidazole rings is 1. The molecule has 0 aliphatic heterocycles. The number of benzene rings is 1. The zero-order valence-electron chi connectivity index (χ0n) is 14.3. The number of carbonyl (C=O) groups excluding carboxylic acids is 2. The number of nitrogens with zero attached hydrogens (tertiary/aromatic N) is 3. The van der Waals surface area contributed by atoms with Gasteiger partial charge in [0, 0.05) is 23.6 Å². The van der Waals surface area contributed by atoms with Crippen LogP contribution >= 0.6 is 0 Å². The number of aromatic nitrogens is 2. The fraction of sp³-hybridized carbons (Fsp3) is 0.294. The molecule has 0 saturated heterocycles. The topological polar surface area (TPSA) is 112 Å². The number of nitrogens with one attached hydrogen (secondary N) is 1. The number of amidine groups is 1. The van der Waals surface area contributed by atoms with Gasteiger partial charge in [-0.05, 0) is 32.9 Å². The van der Waals surface area contributed by atoms with E-state index in [2.05, 4.69) is 15.5 Å². The highest BCUT2D eigenvalue weighted by atomic mass is 16.6. The van der Waals surface area contributed by atoms with Crippen LogP contribution in [0.2, 0.25) is 0 Å². The molecule has 0 bridgehead atoms. The summed E-state index contributed by atoms with van der Waals surface area (Å²) in [6, 6.07) is 6.42. The molecular formula is C17H21N5O3. The predicted octanol–water partition coefficient (Wildman–Crippen LogP) is 1.96. The van der Waals surface area contributed by atoms with Crippen molar-refractivity contribution < 1.29 is 14.4 Å². The van der Waals surface area contributed by atoms with Gasteiger partial charge in [0.1, 0.15) is 0 Å². The molecule has 1 amide bonds. The minimum atomic E-state index is -0.852. The third-order valence-corrected chi connectivity index (χ3v) is 3.62. The van der Waals surface area contributed by atoms with Crippen molar-refractivity contribution in [1.29, 1.82) is 0 Å². The highest BCUT2D eigenvalue weighted by Crippen LogP contribution is 2.12. The molecule has 1 aromatic carbocycles. The summed E-state index contributed by atoms with van der Waals surface area (Å²) in [5.74, 6) is -0.255. The lowest BCUT2D eigenvalue weighted by atomic mass is 10.1. The zero-order valence-corrected chi connectivity index (χ0v) is 14.3. The van der Waals surface area contributed by atoms with Gasteiger partial charge in [-0.3, -0.25) is 9.59 Å². The number of oxime groups is 1. The minimum Gasteiger partial charge on any atom is -0.383 e. The molecule has 0 fully saturated rings. The van der Waals surface area contributed by atoms with Crippen molar-refractivity contribution in [2.75, 3.05) is 5.32 Å². The van der Waals surface area contributed by atoms with Crippen LogP contribution in [0.4, 0.5) is 5.69 Å². The van der Waals surface area contributed by atoms with Crippen LogP contribution in [-0.4, -0.2) is 33.2 Å². The van der Waals surface area contributed by atoms with Gasteiger partial charge in [-0.1, -0.05) is 17.3 Å². The highest BCUT2D eigenvalue weighted by Gasteiger charge is 2.16. The number of anilines is 1. The summed E-state index contributed by atoms with van der Waals surface area (Å²) in [5, 5.41) is 6.50. The summed E-state index contributed by atoms with van der Waals surface area (Å²) in [4.78, 5) is 32.7. The number of nitrogens with two attached hydrogens (primary N) is 1. The molecule has 2 atom stereocenters. The Morgan fingerprint density at radius 3 is 2.76 bits per heavy atom. The molecule has 1 heterocycles. The van der Waals surface area contributed by atoms with Crippen molar-refractivity contribution in [1.82, 2.24) is 9.55 Å². The molecule has 0 aliphatic carbocycles. The smallest absolute Gasteiger partial charge is 0.267 e. The number of carbonyl (C=O) groups is 2. The van der Waals surface area contributed by atoms with Crippen molar-refractivity contribution in [3.63, 3.8) is 0 Å². The maximum atomic E-state index is 12.2. The average molecular weight is 343 g/mol. The van der Waals surface area contributed by atoms with E-state index in [0.717, 1.165) is 0 Å². The van der Waals surface area contributed by atoms with Gasteiger partial charge >= 0.3 is 0 Å². The number of rotatable bonds is 7. The van der Waals surface area contributed by atoms with E-state index in [-0.39, 0.29) is 17.7 Å². The summed E-state index contributed by atoms with van der Waals surface area (Å²) in [6.45, 7) is 4.86. The highest BCUT2D eigenvalue weighted by molar-refractivity contribution is 5.98. The second-order valence-corrected chi connectivity index (χ2v) is 5.58. The first-order valence-electron chi connectivity index (χ1n) is 7.77. The maximum Gasteiger partial charge on any atom is 0.267 e. The molecule has 8 heteroatoms. The average Bonchev–Trinajstić information content (AvgIpc) is 3.13. The van der Waals surface area contributed by atoms with E-state index in [0.29, 0.717) is 11.3 Å². The van der Waals surface area contributed by atoms with E-state index in [4.69, 9.17) is 10.6 Å². The van der Waals surface area contributed by atoms with Crippen LogP contribution in [0.1, 0.15) is 37.2 Å². The Morgan fingerprint density at radius 2 is 2.12 bits per heavy atom. The van der Waals surface area contributed by atoms with Gasteiger partial charge in [0.15, 0.2) is 11.6 Å². The number of hydrogen-bond donors (Lipinski definition) is 2. The summed E-state index contributed by atoms with van der Waals surface area (Å²) >= 11 is 0. The third kappa shape index (κ3) is 4.90. The normalized spacial score (nSPS) is 13.8. The van der Waals surface area contributed by atoms with Gasteiger partial charge in [-0.25, -0.2) is 4.98 Å². The van der Waals surface area contributed by atoms with E-state index in [1.165, 1.54) is 6.92 Å². The lowest BCUT2D eigenvalue weighted by Crippen LogP contribution is -2.29. The van der Waals surface area contributed by atoms with E-state index in [1.807, 2.05) is 6.92 Å². The van der Waals surface area contributed by atoms with Gasteiger partial charge in [-0.15, -0.1) is 0 Å². The molecule has 8 nitrogen and oxygen atoms in total. The summed E-state index contributed by atoms with van der Waals surface area (Å²) < 4.78 is 1.76. The summed E-state index contributed by atoms with van der Waals surface area (Å²) in [6.07, 6.45) is 4.15. The van der Waals surface area contributed by atoms with Gasteiger partial charge in [-0.2, -0.15) is 0 Å². The molecule has 2 aromatic rings. The first kappa shape index (κ1) is 18.2. The SMILES string of the molecule is CC(=O)c1cccc(NC(=O)C(C)O/N=C(\N)C(C)n2ccnc2)c1. The Balaban J connectivity index is 1.95. The first-order chi connectivity index (χ1) is 11.9. The predicted molar refractivity (Wildman–Crippen MR) is 94.2 cm³/mol. The van der Waals surface area contributed by atoms with Crippen LogP contribution in [0.15, 0.2) is 48.1 Å². The Hall–Kier alpha value is -3.16. The van der Waals surface area contributed by atoms with Crippen molar-refractivity contribution >= 4 is 23.2 Å². The number of hydrogen-bond acceptors (Lipinski definition) is 5. The zero-order chi connectivity index (χ0) is 18.4. The van der Waals surface area contributed by atoms with Gasteiger partial charge in [0.25, 0.3) is 5.91 Å². The minimum absolute atomic E-state index is 0.0775. The largest absolute Gasteiger partial charge is 0.383 e. The summed E-state index contributed by atoms with van der Waals surface area (Å²) in [7, 11) is 0. The van der Waals surface area contributed by atoms with E-state index >= 15 is 0 Å². The van der Waals surface area contributed by atoms with Gasteiger partial charge in [0.05, 0.1) is 12.4 Å². The third-order valence-electron chi connectivity index (χ3n) is 3.62. The number of amides is 1. The molecule has 0 spiro atoms. The lowest BCUT2D eigenvalue weighted by Gasteiger charge is -2.14. The molecule has 0 saturated carbocycles. The first-order valence-corrected chi connectivity index (χ1v) is 7.77. The van der Waals surface area contributed by atoms with E-state index in [9.17, 15) is 9.59 Å². The molecular weight excluding hydrogens is 322 g/mol. The Bertz CT molecular complexity index is 770. The number of Topliss-reactive ketones (excluding diaryl/α,β-unsaturated/α-hetero) is 1. The number of ketones is 1. The van der Waals surface area contributed by atoms with Crippen molar-refractivity contribution in [3.05, 3.63) is 48.5 Å². The lowest BCUT2D eigenvalue weighted by molar-refractivity contribution is -0.126. The molecule has 3 N–H and O–H groups in total. The molecule has 2 unspecified atom stereocenters. The van der Waals surface area contributed by atoms with Crippen molar-refractivity contribution in [2.24, 2.45) is 10.9 Å². The monoisotopic (exact) mass is 343 g/mol. The van der Waals surface area contributed by atoms with Crippen LogP contribution in [0, 0.1) is 0 Å². The Labute approximate surface area is 145 Å². The quantitative estimate of drug-likeness (QED) is 0.345. The molecule has 0 radical (unpaired) electrons. The Morgan fingerprint density at radius 1 is 1.36 bits per heavy atom. The van der Waals surface area contributed by atoms with Crippen LogP contribution in [-0.2, 0) is 9.63 Å².